The Morgan fingerprint density at radius 1 is 1.41 bits per heavy atom. The first-order valence-electron chi connectivity index (χ1n) is 4.68. The van der Waals surface area contributed by atoms with Crippen molar-refractivity contribution in [1.82, 2.24) is 0 Å². The molecule has 17 heavy (non-hydrogen) atoms. The maximum Gasteiger partial charge on any atom is 0.417 e. The van der Waals surface area contributed by atoms with Gasteiger partial charge in [0.25, 0.3) is 0 Å². The third-order valence-corrected chi connectivity index (χ3v) is 2.68. The summed E-state index contributed by atoms with van der Waals surface area (Å²) >= 11 is 2.12. The molecule has 0 aliphatic carbocycles. The molecular formula is C11H11IO5. The summed E-state index contributed by atoms with van der Waals surface area (Å²) in [6.45, 7) is 1.75. The second-order valence-corrected chi connectivity index (χ2v) is 4.54. The lowest BCUT2D eigenvalue weighted by Crippen LogP contribution is -2.16. The number of carboxylic acid groups (broad SMARTS) is 1. The van der Waals surface area contributed by atoms with Crippen molar-refractivity contribution in [2.75, 3.05) is 7.11 Å². The summed E-state index contributed by atoms with van der Waals surface area (Å²) in [7, 11) is 1.51. The number of aliphatic carboxylic acids is 1. The quantitative estimate of drug-likeness (QED) is 0.511. The Balaban J connectivity index is 2.90. The number of aryl methyl sites for hydroxylation is 1. The molecule has 0 fully saturated rings. The van der Waals surface area contributed by atoms with Crippen molar-refractivity contribution >= 4 is 34.5 Å². The summed E-state index contributed by atoms with van der Waals surface area (Å²) in [5.41, 5.74) is 1.55. The summed E-state index contributed by atoms with van der Waals surface area (Å²) in [5.74, 6) is -2.28. The van der Waals surface area contributed by atoms with E-state index in [-0.39, 0.29) is 6.61 Å². The van der Waals surface area contributed by atoms with Gasteiger partial charge in [0.1, 0.15) is 12.4 Å². The fourth-order valence-corrected chi connectivity index (χ4v) is 2.25. The molecule has 0 saturated heterocycles. The minimum Gasteiger partial charge on any atom is -0.496 e. The van der Waals surface area contributed by atoms with E-state index in [0.29, 0.717) is 11.3 Å². The number of esters is 1. The molecule has 0 aromatic heterocycles. The van der Waals surface area contributed by atoms with Crippen molar-refractivity contribution in [3.05, 3.63) is 26.8 Å². The van der Waals surface area contributed by atoms with Crippen molar-refractivity contribution in [3.8, 4) is 5.75 Å². The second kappa shape index (κ2) is 5.85. The monoisotopic (exact) mass is 350 g/mol. The first-order valence-corrected chi connectivity index (χ1v) is 5.76. The average Bonchev–Trinajstić information content (AvgIpc) is 2.24. The van der Waals surface area contributed by atoms with Crippen LogP contribution < -0.4 is 4.74 Å². The second-order valence-electron chi connectivity index (χ2n) is 3.30. The van der Waals surface area contributed by atoms with E-state index in [0.717, 1.165) is 9.13 Å². The molecule has 6 heteroatoms. The molecule has 0 saturated carbocycles. The van der Waals surface area contributed by atoms with Gasteiger partial charge in [0.15, 0.2) is 0 Å². The van der Waals surface area contributed by atoms with Crippen LogP contribution in [0.5, 0.6) is 5.75 Å². The number of carbonyl (C=O) groups is 2. The molecule has 0 spiro atoms. The molecule has 92 valence electrons. The summed E-state index contributed by atoms with van der Waals surface area (Å²) in [6, 6.07) is 3.70. The van der Waals surface area contributed by atoms with E-state index in [4.69, 9.17) is 9.84 Å². The molecule has 0 bridgehead atoms. The van der Waals surface area contributed by atoms with Crippen LogP contribution in [0.15, 0.2) is 12.1 Å². The molecule has 5 nitrogen and oxygen atoms in total. The van der Waals surface area contributed by atoms with Crippen LogP contribution in [0.1, 0.15) is 11.1 Å². The summed E-state index contributed by atoms with van der Waals surface area (Å²) in [6.07, 6.45) is 0. The van der Waals surface area contributed by atoms with Crippen LogP contribution in [0.2, 0.25) is 0 Å². The van der Waals surface area contributed by atoms with E-state index >= 15 is 0 Å². The summed E-state index contributed by atoms with van der Waals surface area (Å²) in [5, 5.41) is 8.39. The van der Waals surface area contributed by atoms with E-state index in [1.165, 1.54) is 7.11 Å². The summed E-state index contributed by atoms with van der Waals surface area (Å²) < 4.78 is 10.8. The van der Waals surface area contributed by atoms with Gasteiger partial charge in [-0.3, -0.25) is 0 Å². The van der Waals surface area contributed by atoms with Gasteiger partial charge in [0, 0.05) is 9.13 Å². The Hall–Kier alpha value is -1.31. The molecule has 0 atom stereocenters. The molecule has 1 N–H and O–H groups in total. The van der Waals surface area contributed by atoms with E-state index < -0.39 is 11.9 Å². The Kier molecular flexibility index (Phi) is 4.73. The topological polar surface area (TPSA) is 72.8 Å². The SMILES string of the molecule is COc1c(C)cc(I)cc1COC(=O)C(=O)O. The molecule has 1 rings (SSSR count). The van der Waals surface area contributed by atoms with Crippen molar-refractivity contribution < 1.29 is 24.2 Å². The maximum atomic E-state index is 10.8. The van der Waals surface area contributed by atoms with E-state index in [1.807, 2.05) is 13.0 Å². The van der Waals surface area contributed by atoms with Gasteiger partial charge < -0.3 is 14.6 Å². The third-order valence-electron chi connectivity index (χ3n) is 2.05. The Morgan fingerprint density at radius 2 is 2.06 bits per heavy atom. The highest BCUT2D eigenvalue weighted by molar-refractivity contribution is 14.1. The highest BCUT2D eigenvalue weighted by Gasteiger charge is 2.15. The lowest BCUT2D eigenvalue weighted by atomic mass is 10.1. The number of hydrogen-bond acceptors (Lipinski definition) is 4. The number of halogens is 1. The van der Waals surface area contributed by atoms with Crippen molar-refractivity contribution in [3.63, 3.8) is 0 Å². The number of benzene rings is 1. The van der Waals surface area contributed by atoms with Crippen LogP contribution in [-0.4, -0.2) is 24.2 Å². The molecule has 0 heterocycles. The van der Waals surface area contributed by atoms with Gasteiger partial charge >= 0.3 is 11.9 Å². The number of methoxy groups -OCH3 is 1. The summed E-state index contributed by atoms with van der Waals surface area (Å²) in [4.78, 5) is 21.1. The minimum atomic E-state index is -1.61. The zero-order chi connectivity index (χ0) is 13.0. The van der Waals surface area contributed by atoms with Crippen molar-refractivity contribution in [2.45, 2.75) is 13.5 Å². The van der Waals surface area contributed by atoms with Gasteiger partial charge in [0.2, 0.25) is 0 Å². The van der Waals surface area contributed by atoms with Crippen LogP contribution in [0.4, 0.5) is 0 Å². The Morgan fingerprint density at radius 3 is 2.59 bits per heavy atom. The molecule has 0 radical (unpaired) electrons. The molecule has 0 amide bonds. The van der Waals surface area contributed by atoms with Gasteiger partial charge in [-0.15, -0.1) is 0 Å². The lowest BCUT2D eigenvalue weighted by molar-refractivity contribution is -0.164. The van der Waals surface area contributed by atoms with Crippen LogP contribution in [0, 0.1) is 10.5 Å². The number of carboxylic acids is 1. The van der Waals surface area contributed by atoms with Crippen LogP contribution >= 0.6 is 22.6 Å². The van der Waals surface area contributed by atoms with Gasteiger partial charge in [-0.1, -0.05) is 0 Å². The molecule has 0 aliphatic heterocycles. The maximum absolute atomic E-state index is 10.8. The fourth-order valence-electron chi connectivity index (χ4n) is 1.40. The van der Waals surface area contributed by atoms with Gasteiger partial charge in [0.05, 0.1) is 7.11 Å². The molecule has 0 aliphatic rings. The Bertz CT molecular complexity index is 455. The third kappa shape index (κ3) is 3.58. The predicted molar refractivity (Wildman–Crippen MR) is 67.9 cm³/mol. The molecule has 1 aromatic rings. The normalized spacial score (nSPS) is 9.82. The number of hydrogen-bond donors (Lipinski definition) is 1. The van der Waals surface area contributed by atoms with Gasteiger partial charge in [-0.2, -0.15) is 0 Å². The fraction of sp³-hybridized carbons (Fsp3) is 0.273. The van der Waals surface area contributed by atoms with E-state index in [1.54, 1.807) is 6.07 Å². The predicted octanol–water partition coefficient (Wildman–Crippen LogP) is 1.74. The van der Waals surface area contributed by atoms with E-state index in [2.05, 4.69) is 27.3 Å². The zero-order valence-electron chi connectivity index (χ0n) is 9.32. The largest absolute Gasteiger partial charge is 0.496 e. The zero-order valence-corrected chi connectivity index (χ0v) is 11.5. The van der Waals surface area contributed by atoms with Gasteiger partial charge in [-0.25, -0.2) is 9.59 Å². The van der Waals surface area contributed by atoms with E-state index in [9.17, 15) is 9.59 Å². The van der Waals surface area contributed by atoms with Crippen LogP contribution in [-0.2, 0) is 20.9 Å². The Labute approximate surface area is 112 Å². The lowest BCUT2D eigenvalue weighted by Gasteiger charge is -2.11. The average molecular weight is 350 g/mol. The molecular weight excluding hydrogens is 339 g/mol. The first kappa shape index (κ1) is 13.8. The van der Waals surface area contributed by atoms with Crippen molar-refractivity contribution in [1.29, 1.82) is 0 Å². The minimum absolute atomic E-state index is 0.119. The van der Waals surface area contributed by atoms with Crippen LogP contribution in [0.3, 0.4) is 0 Å². The smallest absolute Gasteiger partial charge is 0.417 e. The standard InChI is InChI=1S/C11H11IO5/c1-6-3-8(12)4-7(9(6)16-2)5-17-11(15)10(13)14/h3-4H,5H2,1-2H3,(H,13,14). The van der Waals surface area contributed by atoms with Gasteiger partial charge in [-0.05, 0) is 47.2 Å². The highest BCUT2D eigenvalue weighted by Crippen LogP contribution is 2.26. The molecule has 0 unspecified atom stereocenters. The number of carbonyl (C=O) groups excluding carboxylic acids is 1. The number of ether oxygens (including phenoxy) is 2. The van der Waals surface area contributed by atoms with Crippen molar-refractivity contribution in [2.24, 2.45) is 0 Å². The number of rotatable bonds is 3. The van der Waals surface area contributed by atoms with Crippen LogP contribution in [0.25, 0.3) is 0 Å². The first-order chi connectivity index (χ1) is 7.95. The molecule has 1 aromatic carbocycles. The highest BCUT2D eigenvalue weighted by atomic mass is 127.